The first-order chi connectivity index (χ1) is 14.5. The van der Waals surface area contributed by atoms with Crippen molar-refractivity contribution >= 4 is 17.6 Å². The maximum atomic E-state index is 6.37. The highest BCUT2D eigenvalue weighted by molar-refractivity contribution is 6.30. The summed E-state index contributed by atoms with van der Waals surface area (Å²) in [6.45, 7) is 5.75. The molecular weight excluding hydrogens is 400 g/mol. The van der Waals surface area contributed by atoms with Crippen LogP contribution in [0.4, 0.5) is 0 Å². The van der Waals surface area contributed by atoms with E-state index in [9.17, 15) is 0 Å². The van der Waals surface area contributed by atoms with Gasteiger partial charge in [0, 0.05) is 61.7 Å². The van der Waals surface area contributed by atoms with E-state index in [0.717, 1.165) is 43.2 Å². The molecule has 1 N–H and O–H groups in total. The summed E-state index contributed by atoms with van der Waals surface area (Å²) in [4.78, 5) is 7.24. The van der Waals surface area contributed by atoms with E-state index in [1.54, 1.807) is 7.11 Å². The van der Waals surface area contributed by atoms with Crippen LogP contribution in [-0.2, 0) is 23.7 Å². The fourth-order valence-corrected chi connectivity index (χ4v) is 4.22. The number of aliphatic imine (C=N–C) groups is 1. The molecule has 0 bridgehead atoms. The summed E-state index contributed by atoms with van der Waals surface area (Å²) in [5.74, 6) is 1.75. The SMILES string of the molecule is CCNC(=NCC1(c2cc(Cl)ccc2OC)CCOCC1)N(C)Cc1cccn1C. The smallest absolute Gasteiger partial charge is 0.194 e. The summed E-state index contributed by atoms with van der Waals surface area (Å²) in [5.41, 5.74) is 2.19. The van der Waals surface area contributed by atoms with Crippen LogP contribution in [0, 0.1) is 0 Å². The lowest BCUT2D eigenvalue weighted by Gasteiger charge is -2.38. The molecule has 0 aliphatic carbocycles. The van der Waals surface area contributed by atoms with Gasteiger partial charge in [-0.05, 0) is 50.1 Å². The molecule has 7 heteroatoms. The Bertz CT molecular complexity index is 859. The topological polar surface area (TPSA) is 51.0 Å². The number of nitrogens with one attached hydrogen (secondary N) is 1. The zero-order valence-electron chi connectivity index (χ0n) is 18.4. The highest BCUT2D eigenvalue weighted by atomic mass is 35.5. The molecule has 30 heavy (non-hydrogen) atoms. The molecule has 1 aliphatic heterocycles. The maximum Gasteiger partial charge on any atom is 0.194 e. The number of methoxy groups -OCH3 is 1. The van der Waals surface area contributed by atoms with Crippen molar-refractivity contribution < 1.29 is 9.47 Å². The van der Waals surface area contributed by atoms with E-state index in [2.05, 4.69) is 54.1 Å². The zero-order valence-corrected chi connectivity index (χ0v) is 19.2. The molecule has 1 fully saturated rings. The summed E-state index contributed by atoms with van der Waals surface area (Å²) in [6.07, 6.45) is 3.83. The van der Waals surface area contributed by atoms with Crippen LogP contribution in [0.3, 0.4) is 0 Å². The number of aromatic nitrogens is 1. The Kier molecular flexibility index (Phi) is 7.67. The molecule has 6 nitrogen and oxygen atoms in total. The zero-order chi connectivity index (χ0) is 21.6. The van der Waals surface area contributed by atoms with Gasteiger partial charge in [-0.15, -0.1) is 0 Å². The number of rotatable bonds is 7. The van der Waals surface area contributed by atoms with E-state index in [1.165, 1.54) is 5.69 Å². The molecule has 2 heterocycles. The van der Waals surface area contributed by atoms with E-state index in [1.807, 2.05) is 18.2 Å². The largest absolute Gasteiger partial charge is 0.496 e. The van der Waals surface area contributed by atoms with Crippen molar-refractivity contribution in [2.24, 2.45) is 12.0 Å². The number of benzene rings is 1. The monoisotopic (exact) mass is 432 g/mol. The normalized spacial score (nSPS) is 16.4. The average Bonchev–Trinajstić information content (AvgIpc) is 3.16. The summed E-state index contributed by atoms with van der Waals surface area (Å²) < 4.78 is 13.5. The van der Waals surface area contributed by atoms with Gasteiger partial charge in [-0.25, -0.2) is 0 Å². The van der Waals surface area contributed by atoms with Crippen molar-refractivity contribution in [1.82, 2.24) is 14.8 Å². The average molecular weight is 433 g/mol. The molecule has 0 amide bonds. The molecular formula is C23H33ClN4O2. The number of nitrogens with zero attached hydrogens (tertiary/aromatic N) is 3. The van der Waals surface area contributed by atoms with E-state index in [-0.39, 0.29) is 5.41 Å². The second-order valence-corrected chi connectivity index (χ2v) is 8.31. The van der Waals surface area contributed by atoms with Gasteiger partial charge in [0.25, 0.3) is 0 Å². The standard InChI is InChI=1S/C23H33ClN4O2/c1-5-25-22(28(3)16-19-7-6-12-27(19)2)26-17-23(10-13-30-14-11-23)20-15-18(24)8-9-21(20)29-4/h6-9,12,15H,5,10-11,13-14,16-17H2,1-4H3,(H,25,26). The van der Waals surface area contributed by atoms with E-state index in [0.29, 0.717) is 24.8 Å². The number of hydrogen-bond acceptors (Lipinski definition) is 3. The first kappa shape index (κ1) is 22.5. The molecule has 3 rings (SSSR count). The minimum absolute atomic E-state index is 0.166. The van der Waals surface area contributed by atoms with Crippen LogP contribution in [0.1, 0.15) is 31.0 Å². The molecule has 0 unspecified atom stereocenters. The van der Waals surface area contributed by atoms with Gasteiger partial charge < -0.3 is 24.3 Å². The van der Waals surface area contributed by atoms with Crippen LogP contribution < -0.4 is 10.1 Å². The number of hydrogen-bond donors (Lipinski definition) is 1. The Morgan fingerprint density at radius 2 is 2.10 bits per heavy atom. The quantitative estimate of drug-likeness (QED) is 0.533. The van der Waals surface area contributed by atoms with Crippen LogP contribution in [0.5, 0.6) is 5.75 Å². The van der Waals surface area contributed by atoms with Crippen LogP contribution in [-0.4, -0.2) is 55.9 Å². The Morgan fingerprint density at radius 1 is 1.33 bits per heavy atom. The van der Waals surface area contributed by atoms with E-state index in [4.69, 9.17) is 26.1 Å². The summed E-state index contributed by atoms with van der Waals surface area (Å²) >= 11 is 6.37. The van der Waals surface area contributed by atoms with Crippen LogP contribution in [0.2, 0.25) is 5.02 Å². The van der Waals surface area contributed by atoms with Crippen molar-refractivity contribution in [3.8, 4) is 5.75 Å². The Balaban J connectivity index is 1.90. The van der Waals surface area contributed by atoms with Gasteiger partial charge in [-0.2, -0.15) is 0 Å². The third kappa shape index (κ3) is 5.10. The first-order valence-electron chi connectivity index (χ1n) is 10.5. The van der Waals surface area contributed by atoms with Crippen LogP contribution in [0.15, 0.2) is 41.5 Å². The Hall–Kier alpha value is -2.18. The van der Waals surface area contributed by atoms with Crippen molar-refractivity contribution in [3.63, 3.8) is 0 Å². The lowest BCUT2D eigenvalue weighted by molar-refractivity contribution is 0.0522. The van der Waals surface area contributed by atoms with Crippen LogP contribution in [0.25, 0.3) is 0 Å². The predicted molar refractivity (Wildman–Crippen MR) is 123 cm³/mol. The highest BCUT2D eigenvalue weighted by Crippen LogP contribution is 2.41. The highest BCUT2D eigenvalue weighted by Gasteiger charge is 2.37. The van der Waals surface area contributed by atoms with Gasteiger partial charge in [0.2, 0.25) is 0 Å². The summed E-state index contributed by atoms with van der Waals surface area (Å²) in [6, 6.07) is 10.1. The van der Waals surface area contributed by atoms with Gasteiger partial charge in [-0.1, -0.05) is 11.6 Å². The van der Waals surface area contributed by atoms with E-state index >= 15 is 0 Å². The fourth-order valence-electron chi connectivity index (χ4n) is 4.04. The van der Waals surface area contributed by atoms with Gasteiger partial charge in [0.05, 0.1) is 20.2 Å². The number of halogens is 1. The molecule has 1 aromatic carbocycles. The number of aryl methyl sites for hydroxylation is 1. The fraction of sp³-hybridized carbons (Fsp3) is 0.522. The molecule has 1 saturated heterocycles. The van der Waals surface area contributed by atoms with Crippen molar-refractivity contribution in [1.29, 1.82) is 0 Å². The van der Waals surface area contributed by atoms with Crippen LogP contribution >= 0.6 is 11.6 Å². The third-order valence-corrected chi connectivity index (χ3v) is 6.10. The second kappa shape index (κ2) is 10.2. The van der Waals surface area contributed by atoms with Crippen molar-refractivity contribution in [2.45, 2.75) is 31.7 Å². The lowest BCUT2D eigenvalue weighted by Crippen LogP contribution is -2.42. The predicted octanol–water partition coefficient (Wildman–Crippen LogP) is 3.83. The molecule has 164 valence electrons. The molecule has 0 spiro atoms. The molecule has 0 saturated carbocycles. The lowest BCUT2D eigenvalue weighted by atomic mass is 9.73. The number of guanidine groups is 1. The van der Waals surface area contributed by atoms with Gasteiger partial charge in [0.1, 0.15) is 5.75 Å². The minimum atomic E-state index is -0.166. The molecule has 1 aliphatic rings. The molecule has 0 atom stereocenters. The minimum Gasteiger partial charge on any atom is -0.496 e. The Labute approximate surface area is 184 Å². The van der Waals surface area contributed by atoms with Gasteiger partial charge in [-0.3, -0.25) is 4.99 Å². The van der Waals surface area contributed by atoms with E-state index < -0.39 is 0 Å². The summed E-state index contributed by atoms with van der Waals surface area (Å²) in [5, 5.41) is 4.16. The molecule has 2 aromatic rings. The third-order valence-electron chi connectivity index (χ3n) is 5.86. The molecule has 0 radical (unpaired) electrons. The van der Waals surface area contributed by atoms with Crippen molar-refractivity contribution in [2.75, 3.05) is 40.5 Å². The first-order valence-corrected chi connectivity index (χ1v) is 10.9. The van der Waals surface area contributed by atoms with Crippen molar-refractivity contribution in [3.05, 3.63) is 52.8 Å². The number of ether oxygens (including phenoxy) is 2. The maximum absolute atomic E-state index is 6.37. The summed E-state index contributed by atoms with van der Waals surface area (Å²) in [7, 11) is 5.85. The second-order valence-electron chi connectivity index (χ2n) is 7.87. The Morgan fingerprint density at radius 3 is 2.73 bits per heavy atom. The van der Waals surface area contributed by atoms with Gasteiger partial charge in [0.15, 0.2) is 5.96 Å². The van der Waals surface area contributed by atoms with Gasteiger partial charge >= 0.3 is 0 Å². The molecule has 1 aromatic heterocycles.